The van der Waals surface area contributed by atoms with Crippen LogP contribution in [0.5, 0.6) is 0 Å². The van der Waals surface area contributed by atoms with Crippen LogP contribution < -0.4 is 5.32 Å². The van der Waals surface area contributed by atoms with Gasteiger partial charge in [0.25, 0.3) is 5.91 Å². The van der Waals surface area contributed by atoms with Crippen LogP contribution in [0.3, 0.4) is 0 Å². The van der Waals surface area contributed by atoms with E-state index in [1.54, 1.807) is 12.1 Å². The summed E-state index contributed by atoms with van der Waals surface area (Å²) in [5.41, 5.74) is 0.755. The molecule has 1 N–H and O–H groups in total. The number of hydrogen-bond donors (Lipinski definition) is 1. The Labute approximate surface area is 149 Å². The van der Waals surface area contributed by atoms with Crippen molar-refractivity contribution in [1.29, 1.82) is 0 Å². The van der Waals surface area contributed by atoms with Crippen LogP contribution in [0.15, 0.2) is 48.5 Å². The standard InChI is InChI=1S/C19H18F3NO3/c1-12(2)13-3-5-14(6-4-13)18(25)26-11-17(24)23-16-9-7-15(8-10-16)19(20,21)22/h3-10,12H,11H2,1-2H3,(H,23,24). The number of benzene rings is 2. The number of rotatable bonds is 5. The molecule has 0 fully saturated rings. The van der Waals surface area contributed by atoms with Crippen LogP contribution >= 0.6 is 0 Å². The zero-order valence-corrected chi connectivity index (χ0v) is 14.3. The van der Waals surface area contributed by atoms with Crippen molar-refractivity contribution in [3.63, 3.8) is 0 Å². The lowest BCUT2D eigenvalue weighted by Gasteiger charge is -2.09. The van der Waals surface area contributed by atoms with E-state index in [-0.39, 0.29) is 5.69 Å². The molecule has 0 heterocycles. The van der Waals surface area contributed by atoms with E-state index in [0.29, 0.717) is 11.5 Å². The molecule has 1 amide bonds. The molecule has 0 spiro atoms. The Morgan fingerprint density at radius 2 is 1.58 bits per heavy atom. The van der Waals surface area contributed by atoms with E-state index in [0.717, 1.165) is 29.8 Å². The molecule has 2 aromatic rings. The molecule has 4 nitrogen and oxygen atoms in total. The van der Waals surface area contributed by atoms with Crippen molar-refractivity contribution in [2.75, 3.05) is 11.9 Å². The number of anilines is 1. The lowest BCUT2D eigenvalue weighted by molar-refractivity contribution is -0.137. The highest BCUT2D eigenvalue weighted by atomic mass is 19.4. The highest BCUT2D eigenvalue weighted by Gasteiger charge is 2.30. The second kappa shape index (κ2) is 8.03. The van der Waals surface area contributed by atoms with Gasteiger partial charge in [-0.3, -0.25) is 4.79 Å². The van der Waals surface area contributed by atoms with E-state index in [2.05, 4.69) is 5.32 Å². The van der Waals surface area contributed by atoms with Crippen molar-refractivity contribution in [3.8, 4) is 0 Å². The smallest absolute Gasteiger partial charge is 0.416 e. The molecule has 0 aliphatic rings. The fourth-order valence-corrected chi connectivity index (χ4v) is 2.16. The minimum absolute atomic E-state index is 0.181. The zero-order valence-electron chi connectivity index (χ0n) is 14.3. The van der Waals surface area contributed by atoms with Crippen molar-refractivity contribution in [1.82, 2.24) is 0 Å². The lowest BCUT2D eigenvalue weighted by Crippen LogP contribution is -2.21. The molecule has 7 heteroatoms. The topological polar surface area (TPSA) is 55.4 Å². The molecule has 26 heavy (non-hydrogen) atoms. The Morgan fingerprint density at radius 1 is 1.00 bits per heavy atom. The predicted octanol–water partition coefficient (Wildman–Crippen LogP) is 4.62. The molecule has 0 saturated carbocycles. The first kappa shape index (κ1) is 19.5. The Balaban J connectivity index is 1.87. The fourth-order valence-electron chi connectivity index (χ4n) is 2.16. The number of hydrogen-bond acceptors (Lipinski definition) is 3. The molecule has 0 aliphatic carbocycles. The molecule has 138 valence electrons. The van der Waals surface area contributed by atoms with Crippen molar-refractivity contribution in [2.24, 2.45) is 0 Å². The number of nitrogens with one attached hydrogen (secondary N) is 1. The summed E-state index contributed by atoms with van der Waals surface area (Å²) >= 11 is 0. The third-order valence-electron chi connectivity index (χ3n) is 3.64. The van der Waals surface area contributed by atoms with E-state index >= 15 is 0 Å². The van der Waals surface area contributed by atoms with Crippen molar-refractivity contribution in [2.45, 2.75) is 25.9 Å². The van der Waals surface area contributed by atoms with Gasteiger partial charge in [-0.2, -0.15) is 13.2 Å². The highest BCUT2D eigenvalue weighted by molar-refractivity contribution is 5.95. The third kappa shape index (κ3) is 5.34. The van der Waals surface area contributed by atoms with E-state index < -0.39 is 30.2 Å². The summed E-state index contributed by atoms with van der Waals surface area (Å²) < 4.78 is 42.3. The van der Waals surface area contributed by atoms with Gasteiger partial charge in [-0.1, -0.05) is 26.0 Å². The van der Waals surface area contributed by atoms with Crippen LogP contribution in [0.1, 0.15) is 41.3 Å². The maximum absolute atomic E-state index is 12.5. The van der Waals surface area contributed by atoms with Gasteiger partial charge in [0, 0.05) is 5.69 Å². The number of amides is 1. The normalized spacial score (nSPS) is 11.3. The molecule has 0 bridgehead atoms. The van der Waals surface area contributed by atoms with Crippen molar-refractivity contribution < 1.29 is 27.5 Å². The van der Waals surface area contributed by atoms with Gasteiger partial charge in [0.2, 0.25) is 0 Å². The van der Waals surface area contributed by atoms with E-state index in [9.17, 15) is 22.8 Å². The number of ether oxygens (including phenoxy) is 1. The van der Waals surface area contributed by atoms with Gasteiger partial charge in [0.15, 0.2) is 6.61 Å². The Bertz CT molecular complexity index is 766. The van der Waals surface area contributed by atoms with E-state index in [4.69, 9.17) is 4.74 Å². The summed E-state index contributed by atoms with van der Waals surface area (Å²) in [6.45, 7) is 3.52. The maximum atomic E-state index is 12.5. The average molecular weight is 365 g/mol. The fraction of sp³-hybridized carbons (Fsp3) is 0.263. The second-order valence-electron chi connectivity index (χ2n) is 5.98. The summed E-state index contributed by atoms with van der Waals surface area (Å²) in [5, 5.41) is 2.37. The van der Waals surface area contributed by atoms with Gasteiger partial charge in [0.1, 0.15) is 0 Å². The Morgan fingerprint density at radius 3 is 2.08 bits per heavy atom. The van der Waals surface area contributed by atoms with Crippen LogP contribution in [-0.2, 0) is 15.7 Å². The minimum atomic E-state index is -4.44. The molecule has 0 unspecified atom stereocenters. The second-order valence-corrected chi connectivity index (χ2v) is 5.98. The van der Waals surface area contributed by atoms with Crippen LogP contribution in [0.4, 0.5) is 18.9 Å². The third-order valence-corrected chi connectivity index (χ3v) is 3.64. The molecule has 0 aromatic heterocycles. The molecule has 2 aromatic carbocycles. The average Bonchev–Trinajstić information content (AvgIpc) is 2.59. The Kier molecular flexibility index (Phi) is 6.02. The SMILES string of the molecule is CC(C)c1ccc(C(=O)OCC(=O)Nc2ccc(C(F)(F)F)cc2)cc1. The lowest BCUT2D eigenvalue weighted by atomic mass is 10.0. The molecule has 0 radical (unpaired) electrons. The van der Waals surface area contributed by atoms with Crippen LogP contribution in [-0.4, -0.2) is 18.5 Å². The first-order valence-electron chi connectivity index (χ1n) is 7.91. The zero-order chi connectivity index (χ0) is 19.3. The van der Waals surface area contributed by atoms with Crippen LogP contribution in [0.25, 0.3) is 0 Å². The van der Waals surface area contributed by atoms with Gasteiger partial charge >= 0.3 is 12.1 Å². The Hall–Kier alpha value is -2.83. The summed E-state index contributed by atoms with van der Waals surface area (Å²) in [7, 11) is 0. The number of carbonyl (C=O) groups excluding carboxylic acids is 2. The monoisotopic (exact) mass is 365 g/mol. The number of halogens is 3. The maximum Gasteiger partial charge on any atom is 0.416 e. The number of esters is 1. The van der Waals surface area contributed by atoms with Gasteiger partial charge in [-0.05, 0) is 47.9 Å². The molecule has 0 aliphatic heterocycles. The molecule has 2 rings (SSSR count). The first-order valence-corrected chi connectivity index (χ1v) is 7.91. The minimum Gasteiger partial charge on any atom is -0.452 e. The summed E-state index contributed by atoms with van der Waals surface area (Å²) in [6, 6.07) is 10.8. The first-order chi connectivity index (χ1) is 12.2. The highest BCUT2D eigenvalue weighted by Crippen LogP contribution is 2.29. The molecule has 0 saturated heterocycles. The van der Waals surface area contributed by atoms with Gasteiger partial charge in [0.05, 0.1) is 11.1 Å². The summed E-state index contributed by atoms with van der Waals surface area (Å²) in [4.78, 5) is 23.7. The number of alkyl halides is 3. The quantitative estimate of drug-likeness (QED) is 0.787. The van der Waals surface area contributed by atoms with E-state index in [1.807, 2.05) is 26.0 Å². The molecule has 0 atom stereocenters. The van der Waals surface area contributed by atoms with E-state index in [1.165, 1.54) is 0 Å². The largest absolute Gasteiger partial charge is 0.452 e. The molecular formula is C19H18F3NO3. The predicted molar refractivity (Wildman–Crippen MR) is 90.9 cm³/mol. The van der Waals surface area contributed by atoms with Gasteiger partial charge < -0.3 is 10.1 Å². The van der Waals surface area contributed by atoms with Crippen molar-refractivity contribution in [3.05, 3.63) is 65.2 Å². The summed E-state index contributed by atoms with van der Waals surface area (Å²) in [5.74, 6) is -0.964. The van der Waals surface area contributed by atoms with Crippen LogP contribution in [0, 0.1) is 0 Å². The summed E-state index contributed by atoms with van der Waals surface area (Å²) in [6.07, 6.45) is -4.44. The van der Waals surface area contributed by atoms with Gasteiger partial charge in [-0.15, -0.1) is 0 Å². The van der Waals surface area contributed by atoms with Crippen LogP contribution in [0.2, 0.25) is 0 Å². The molecular weight excluding hydrogens is 347 g/mol. The van der Waals surface area contributed by atoms with Gasteiger partial charge in [-0.25, -0.2) is 4.79 Å². The van der Waals surface area contributed by atoms with Crippen molar-refractivity contribution >= 4 is 17.6 Å². The number of carbonyl (C=O) groups is 2.